The number of hydrogen-bond donors (Lipinski definition) is 0. The lowest BCUT2D eigenvalue weighted by Gasteiger charge is -2.44. The number of rotatable bonds is 2. The summed E-state index contributed by atoms with van der Waals surface area (Å²) in [5.74, 6) is 0.468. The van der Waals surface area contributed by atoms with Crippen LogP contribution in [-0.2, 0) is 16.6 Å². The van der Waals surface area contributed by atoms with Crippen molar-refractivity contribution in [2.24, 2.45) is 5.41 Å². The summed E-state index contributed by atoms with van der Waals surface area (Å²) in [6.07, 6.45) is 1.86. The zero-order valence-corrected chi connectivity index (χ0v) is 16.5. The first-order chi connectivity index (χ1) is 13.0. The van der Waals surface area contributed by atoms with E-state index in [1.54, 1.807) is 25.2 Å². The van der Waals surface area contributed by atoms with Gasteiger partial charge in [-0.3, -0.25) is 4.90 Å². The Morgan fingerprint density at radius 2 is 1.67 bits per heavy atom. The van der Waals surface area contributed by atoms with Gasteiger partial charge in [0, 0.05) is 25.6 Å². The summed E-state index contributed by atoms with van der Waals surface area (Å²) in [5, 5.41) is 0. The zero-order chi connectivity index (χ0) is 18.9. The highest BCUT2D eigenvalue weighted by molar-refractivity contribution is 7.89. The first-order valence-corrected chi connectivity index (χ1v) is 10.9. The number of benzene rings is 2. The van der Waals surface area contributed by atoms with Crippen LogP contribution in [-0.4, -0.2) is 50.9 Å². The molecule has 2 aliphatic heterocycles. The molecule has 5 nitrogen and oxygen atoms in total. The molecule has 0 N–H and O–H groups in total. The molecule has 0 radical (unpaired) electrons. The second-order valence-corrected chi connectivity index (χ2v) is 9.77. The van der Waals surface area contributed by atoms with Gasteiger partial charge in [-0.25, -0.2) is 12.7 Å². The molecule has 2 aromatic rings. The smallest absolute Gasteiger partial charge is 0.246 e. The molecule has 0 aliphatic carbocycles. The third-order valence-corrected chi connectivity index (χ3v) is 7.64. The van der Waals surface area contributed by atoms with Gasteiger partial charge in [0.05, 0.1) is 6.61 Å². The summed E-state index contributed by atoms with van der Waals surface area (Å²) in [5.41, 5.74) is 1.18. The second kappa shape index (κ2) is 7.26. The predicted molar refractivity (Wildman–Crippen MR) is 105 cm³/mol. The monoisotopic (exact) mass is 386 g/mol. The van der Waals surface area contributed by atoms with Crippen LogP contribution < -0.4 is 4.74 Å². The van der Waals surface area contributed by atoms with Crippen LogP contribution in [0.4, 0.5) is 0 Å². The largest absolute Gasteiger partial charge is 0.492 e. The number of piperidine rings is 1. The Hall–Kier alpha value is -1.89. The maximum absolute atomic E-state index is 12.9. The molecular formula is C21H26N2O3S. The maximum atomic E-state index is 12.9. The van der Waals surface area contributed by atoms with E-state index in [0.29, 0.717) is 18.9 Å². The number of likely N-dealkylation sites (tertiary alicyclic amines) is 1. The fourth-order valence-corrected chi connectivity index (χ4v) is 5.53. The van der Waals surface area contributed by atoms with Gasteiger partial charge in [0.15, 0.2) is 0 Å². The molecule has 4 rings (SSSR count). The zero-order valence-electron chi connectivity index (χ0n) is 15.7. The van der Waals surface area contributed by atoms with E-state index < -0.39 is 10.0 Å². The number of nitrogens with zero attached hydrogens (tertiary/aromatic N) is 2. The fraction of sp³-hybridized carbons (Fsp3) is 0.429. The minimum atomic E-state index is -3.52. The molecule has 27 heavy (non-hydrogen) atoms. The minimum absolute atomic E-state index is 0.136. The molecule has 1 spiro atoms. The average molecular weight is 387 g/mol. The van der Waals surface area contributed by atoms with E-state index >= 15 is 0 Å². The Morgan fingerprint density at radius 1 is 1.00 bits per heavy atom. The first-order valence-electron chi connectivity index (χ1n) is 9.43. The Labute approximate surface area is 161 Å². The van der Waals surface area contributed by atoms with E-state index in [1.165, 1.54) is 9.87 Å². The van der Waals surface area contributed by atoms with Crippen molar-refractivity contribution in [2.75, 3.05) is 33.3 Å². The highest BCUT2D eigenvalue weighted by Crippen LogP contribution is 2.38. The third kappa shape index (κ3) is 3.74. The molecule has 1 saturated heterocycles. The van der Waals surface area contributed by atoms with Crippen molar-refractivity contribution < 1.29 is 13.2 Å². The van der Waals surface area contributed by atoms with Crippen molar-refractivity contribution in [3.8, 4) is 5.75 Å². The normalized spacial score (nSPS) is 22.4. The first kappa shape index (κ1) is 18.5. The Bertz CT molecular complexity index is 891. The molecule has 6 heteroatoms. The van der Waals surface area contributed by atoms with Crippen molar-refractivity contribution in [3.05, 3.63) is 60.2 Å². The molecule has 0 aromatic heterocycles. The molecule has 144 valence electrons. The van der Waals surface area contributed by atoms with Crippen molar-refractivity contribution in [1.29, 1.82) is 0 Å². The lowest BCUT2D eigenvalue weighted by Crippen LogP contribution is -2.50. The molecule has 0 bridgehead atoms. The summed E-state index contributed by atoms with van der Waals surface area (Å²) in [7, 11) is -1.83. The van der Waals surface area contributed by atoms with Crippen molar-refractivity contribution in [2.45, 2.75) is 24.3 Å². The number of sulfonamides is 1. The van der Waals surface area contributed by atoms with Crippen LogP contribution in [0.3, 0.4) is 0 Å². The van der Waals surface area contributed by atoms with Gasteiger partial charge in [0.1, 0.15) is 10.6 Å². The standard InChI is InChI=1S/C21H26N2O3S/c1-22-16-21(17-26-19-9-5-6-10-20(19)27(22,24)25)11-13-23(14-12-21)15-18-7-3-2-4-8-18/h2-10H,11-17H2,1H3. The molecular weight excluding hydrogens is 360 g/mol. The van der Waals surface area contributed by atoms with Crippen LogP contribution in [0, 0.1) is 5.41 Å². The lowest BCUT2D eigenvalue weighted by molar-refractivity contribution is 0.0361. The van der Waals surface area contributed by atoms with Gasteiger partial charge >= 0.3 is 0 Å². The molecule has 0 unspecified atom stereocenters. The molecule has 0 atom stereocenters. The molecule has 0 saturated carbocycles. The van der Waals surface area contributed by atoms with Crippen molar-refractivity contribution in [3.63, 3.8) is 0 Å². The van der Waals surface area contributed by atoms with E-state index in [4.69, 9.17) is 4.74 Å². The SMILES string of the molecule is CN1CC2(CCN(Cc3ccccc3)CC2)COc2ccccc2S1(=O)=O. The summed E-state index contributed by atoms with van der Waals surface area (Å²) in [6, 6.07) is 17.4. The van der Waals surface area contributed by atoms with E-state index in [9.17, 15) is 8.42 Å². The van der Waals surface area contributed by atoms with Crippen LogP contribution >= 0.6 is 0 Å². The van der Waals surface area contributed by atoms with E-state index in [2.05, 4.69) is 29.2 Å². The van der Waals surface area contributed by atoms with Crippen molar-refractivity contribution >= 4 is 10.0 Å². The van der Waals surface area contributed by atoms with E-state index in [0.717, 1.165) is 32.5 Å². The van der Waals surface area contributed by atoms with Gasteiger partial charge in [-0.05, 0) is 43.6 Å². The van der Waals surface area contributed by atoms with Crippen LogP contribution in [0.5, 0.6) is 5.75 Å². The predicted octanol–water partition coefficient (Wildman–Crippen LogP) is 2.98. The Kier molecular flexibility index (Phi) is 4.97. The fourth-order valence-electron chi connectivity index (χ4n) is 4.11. The van der Waals surface area contributed by atoms with Crippen molar-refractivity contribution in [1.82, 2.24) is 9.21 Å². The number of para-hydroxylation sites is 1. The highest BCUT2D eigenvalue weighted by atomic mass is 32.2. The Balaban J connectivity index is 1.50. The van der Waals surface area contributed by atoms with Gasteiger partial charge in [-0.1, -0.05) is 42.5 Å². The average Bonchev–Trinajstić information content (AvgIpc) is 2.68. The van der Waals surface area contributed by atoms with Crippen LogP contribution in [0.15, 0.2) is 59.5 Å². The van der Waals surface area contributed by atoms with Gasteiger partial charge < -0.3 is 4.74 Å². The van der Waals surface area contributed by atoms with Crippen LogP contribution in [0.25, 0.3) is 0 Å². The summed E-state index contributed by atoms with van der Waals surface area (Å²) >= 11 is 0. The van der Waals surface area contributed by atoms with Crippen LogP contribution in [0.1, 0.15) is 18.4 Å². The third-order valence-electron chi connectivity index (χ3n) is 5.80. The van der Waals surface area contributed by atoms with Gasteiger partial charge in [-0.2, -0.15) is 0 Å². The molecule has 2 aliphatic rings. The maximum Gasteiger partial charge on any atom is 0.246 e. The van der Waals surface area contributed by atoms with Gasteiger partial charge in [0.2, 0.25) is 10.0 Å². The lowest BCUT2D eigenvalue weighted by atomic mass is 9.78. The Morgan fingerprint density at radius 3 is 2.41 bits per heavy atom. The number of ether oxygens (including phenoxy) is 1. The van der Waals surface area contributed by atoms with E-state index in [-0.39, 0.29) is 10.3 Å². The molecule has 0 amide bonds. The highest BCUT2D eigenvalue weighted by Gasteiger charge is 2.41. The summed E-state index contributed by atoms with van der Waals surface area (Å²) < 4.78 is 33.4. The van der Waals surface area contributed by atoms with Gasteiger partial charge in [-0.15, -0.1) is 0 Å². The quantitative estimate of drug-likeness (QED) is 0.796. The number of fused-ring (bicyclic) bond motifs is 1. The minimum Gasteiger partial charge on any atom is -0.492 e. The summed E-state index contributed by atoms with van der Waals surface area (Å²) in [6.45, 7) is 3.90. The topological polar surface area (TPSA) is 49.9 Å². The van der Waals surface area contributed by atoms with Gasteiger partial charge in [0.25, 0.3) is 0 Å². The number of hydrogen-bond acceptors (Lipinski definition) is 4. The van der Waals surface area contributed by atoms with Crippen LogP contribution in [0.2, 0.25) is 0 Å². The summed E-state index contributed by atoms with van der Waals surface area (Å²) in [4.78, 5) is 2.71. The molecule has 1 fully saturated rings. The molecule has 2 aromatic carbocycles. The molecule has 2 heterocycles. The van der Waals surface area contributed by atoms with E-state index in [1.807, 2.05) is 12.1 Å². The second-order valence-electron chi connectivity index (χ2n) is 7.76.